The molecule has 0 atom stereocenters. The van der Waals surface area contributed by atoms with Gasteiger partial charge < -0.3 is 4.74 Å². The lowest BCUT2D eigenvalue weighted by Gasteiger charge is -2.08. The predicted molar refractivity (Wildman–Crippen MR) is 75.4 cm³/mol. The molecule has 0 amide bonds. The van der Waals surface area contributed by atoms with Crippen LogP contribution in [-0.2, 0) is 12.9 Å². The van der Waals surface area contributed by atoms with Gasteiger partial charge in [-0.05, 0) is 19.1 Å². The topological polar surface area (TPSA) is 94.0 Å². The third-order valence-electron chi connectivity index (χ3n) is 2.91. The first-order chi connectivity index (χ1) is 9.97. The molecule has 7 nitrogen and oxygen atoms in total. The molecule has 1 aromatic heterocycles. The number of hydrogen-bond acceptors (Lipinski definition) is 5. The van der Waals surface area contributed by atoms with Gasteiger partial charge in [-0.1, -0.05) is 0 Å². The Balaban J connectivity index is 2.50. The summed E-state index contributed by atoms with van der Waals surface area (Å²) in [5, 5.41) is 24.1. The number of benzene rings is 1. The minimum absolute atomic E-state index is 0.0355. The number of ether oxygens (including phenoxy) is 1. The number of aryl methyl sites for hydroxylation is 2. The van der Waals surface area contributed by atoms with Gasteiger partial charge in [-0.25, -0.2) is 4.68 Å². The maximum absolute atomic E-state index is 11.1. The number of aromatic nitrogens is 2. The second-order valence-electron chi connectivity index (χ2n) is 4.28. The molecular formula is C13H11ClN4O3. The van der Waals surface area contributed by atoms with Crippen LogP contribution in [0.5, 0.6) is 11.6 Å². The molecule has 1 heterocycles. The summed E-state index contributed by atoms with van der Waals surface area (Å²) in [7, 11) is 1.66. The fraction of sp³-hybridized carbons (Fsp3) is 0.231. The van der Waals surface area contributed by atoms with Gasteiger partial charge in [0.25, 0.3) is 0 Å². The fourth-order valence-electron chi connectivity index (χ4n) is 1.88. The molecule has 2 rings (SSSR count). The number of hydrogen-bond donors (Lipinski definition) is 0. The van der Waals surface area contributed by atoms with Crippen LogP contribution in [0.3, 0.4) is 0 Å². The summed E-state index contributed by atoms with van der Waals surface area (Å²) < 4.78 is 7.08. The van der Waals surface area contributed by atoms with Gasteiger partial charge in [-0.15, -0.1) is 11.6 Å². The van der Waals surface area contributed by atoms with Crippen LogP contribution in [0.4, 0.5) is 5.69 Å². The van der Waals surface area contributed by atoms with Crippen molar-refractivity contribution in [2.75, 3.05) is 0 Å². The van der Waals surface area contributed by atoms with Crippen LogP contribution in [-0.4, -0.2) is 14.7 Å². The third kappa shape index (κ3) is 2.80. The summed E-state index contributed by atoms with van der Waals surface area (Å²) in [6, 6.07) is 5.85. The highest BCUT2D eigenvalue weighted by Crippen LogP contribution is 2.34. The molecule has 0 saturated heterocycles. The summed E-state index contributed by atoms with van der Waals surface area (Å²) in [5.41, 5.74) is 1.26. The Bertz CT molecular complexity index is 749. The monoisotopic (exact) mass is 306 g/mol. The molecule has 0 aliphatic heterocycles. The normalized spacial score (nSPS) is 10.2. The average molecular weight is 307 g/mol. The lowest BCUT2D eigenvalue weighted by atomic mass is 10.2. The van der Waals surface area contributed by atoms with Crippen LogP contribution in [0.25, 0.3) is 0 Å². The Morgan fingerprint density at radius 2 is 2.29 bits per heavy atom. The lowest BCUT2D eigenvalue weighted by molar-refractivity contribution is -0.385. The molecular weight excluding hydrogens is 296 g/mol. The van der Waals surface area contributed by atoms with Gasteiger partial charge in [0.05, 0.1) is 33.7 Å². The molecule has 108 valence electrons. The summed E-state index contributed by atoms with van der Waals surface area (Å²) in [5.74, 6) is 0.558. The minimum atomic E-state index is -0.597. The van der Waals surface area contributed by atoms with E-state index < -0.39 is 4.92 Å². The summed E-state index contributed by atoms with van der Waals surface area (Å²) >= 11 is 5.86. The lowest BCUT2D eigenvalue weighted by Crippen LogP contribution is -1.99. The molecule has 0 aliphatic carbocycles. The van der Waals surface area contributed by atoms with Gasteiger partial charge in [-0.2, -0.15) is 10.4 Å². The van der Waals surface area contributed by atoms with E-state index in [0.717, 1.165) is 0 Å². The zero-order valence-corrected chi connectivity index (χ0v) is 12.1. The Kier molecular flexibility index (Phi) is 4.10. The largest absolute Gasteiger partial charge is 0.432 e. The van der Waals surface area contributed by atoms with E-state index in [1.165, 1.54) is 22.9 Å². The highest BCUT2D eigenvalue weighted by molar-refractivity contribution is 6.17. The molecule has 2 aromatic rings. The van der Waals surface area contributed by atoms with Crippen LogP contribution in [0, 0.1) is 28.4 Å². The van der Waals surface area contributed by atoms with E-state index in [9.17, 15) is 10.1 Å². The quantitative estimate of drug-likeness (QED) is 0.491. The number of nitrogens with zero attached hydrogens (tertiary/aromatic N) is 4. The van der Waals surface area contributed by atoms with Crippen molar-refractivity contribution >= 4 is 17.3 Å². The highest BCUT2D eigenvalue weighted by atomic mass is 35.5. The molecule has 0 fully saturated rings. The van der Waals surface area contributed by atoms with Gasteiger partial charge >= 0.3 is 5.69 Å². The number of alkyl halides is 1. The van der Waals surface area contributed by atoms with Crippen molar-refractivity contribution in [3.63, 3.8) is 0 Å². The van der Waals surface area contributed by atoms with Crippen molar-refractivity contribution in [1.82, 2.24) is 9.78 Å². The molecule has 0 unspecified atom stereocenters. The van der Waals surface area contributed by atoms with Crippen molar-refractivity contribution in [1.29, 1.82) is 5.26 Å². The molecule has 0 bridgehead atoms. The zero-order valence-electron chi connectivity index (χ0n) is 11.3. The number of rotatable bonds is 4. The van der Waals surface area contributed by atoms with E-state index in [1.54, 1.807) is 14.0 Å². The maximum atomic E-state index is 11.1. The summed E-state index contributed by atoms with van der Waals surface area (Å²) in [6.07, 6.45) is 0. The smallest absolute Gasteiger partial charge is 0.312 e. The molecule has 0 saturated carbocycles. The minimum Gasteiger partial charge on any atom is -0.432 e. The summed E-state index contributed by atoms with van der Waals surface area (Å²) in [6.45, 7) is 1.78. The number of nitro benzene ring substituents is 1. The van der Waals surface area contributed by atoms with Gasteiger partial charge in [-0.3, -0.25) is 10.1 Å². The molecule has 1 aromatic carbocycles. The van der Waals surface area contributed by atoms with E-state index >= 15 is 0 Å². The first-order valence-corrected chi connectivity index (χ1v) is 6.46. The Morgan fingerprint density at radius 3 is 2.86 bits per heavy atom. The molecule has 0 radical (unpaired) electrons. The number of halogens is 1. The number of nitriles is 1. The molecule has 0 spiro atoms. The Labute approximate surface area is 125 Å². The maximum Gasteiger partial charge on any atom is 0.312 e. The van der Waals surface area contributed by atoms with Gasteiger partial charge in [0.2, 0.25) is 11.6 Å². The fourth-order valence-corrected chi connectivity index (χ4v) is 2.19. The van der Waals surface area contributed by atoms with Crippen LogP contribution >= 0.6 is 11.6 Å². The second-order valence-corrected chi connectivity index (χ2v) is 4.55. The van der Waals surface area contributed by atoms with E-state index in [-0.39, 0.29) is 22.9 Å². The van der Waals surface area contributed by atoms with E-state index in [4.69, 9.17) is 21.6 Å². The van der Waals surface area contributed by atoms with Crippen LogP contribution in [0.2, 0.25) is 0 Å². The molecule has 21 heavy (non-hydrogen) atoms. The van der Waals surface area contributed by atoms with Gasteiger partial charge in [0.15, 0.2) is 0 Å². The Hall–Kier alpha value is -2.59. The molecule has 0 N–H and O–H groups in total. The van der Waals surface area contributed by atoms with Gasteiger partial charge in [0.1, 0.15) is 0 Å². The first-order valence-electron chi connectivity index (χ1n) is 5.92. The molecule has 8 heteroatoms. The summed E-state index contributed by atoms with van der Waals surface area (Å²) in [4.78, 5) is 10.5. The number of nitro groups is 1. The Morgan fingerprint density at radius 1 is 1.57 bits per heavy atom. The SMILES string of the molecule is Cc1nn(C)c(Oc2ccc(C#N)cc2[N+](=O)[O-])c1CCl. The van der Waals surface area contributed by atoms with Crippen LogP contribution in [0.15, 0.2) is 18.2 Å². The van der Waals surface area contributed by atoms with Crippen molar-refractivity contribution in [3.8, 4) is 17.7 Å². The second kappa shape index (κ2) is 5.81. The van der Waals surface area contributed by atoms with Crippen molar-refractivity contribution in [2.24, 2.45) is 7.05 Å². The van der Waals surface area contributed by atoms with Crippen molar-refractivity contribution in [2.45, 2.75) is 12.8 Å². The predicted octanol–water partition coefficient (Wildman–Crippen LogP) is 3.04. The highest BCUT2D eigenvalue weighted by Gasteiger charge is 2.21. The zero-order chi connectivity index (χ0) is 15.6. The van der Waals surface area contributed by atoms with E-state index in [2.05, 4.69) is 5.10 Å². The van der Waals surface area contributed by atoms with Crippen molar-refractivity contribution < 1.29 is 9.66 Å². The average Bonchev–Trinajstić information content (AvgIpc) is 2.72. The van der Waals surface area contributed by atoms with Crippen molar-refractivity contribution in [3.05, 3.63) is 45.1 Å². The standard InChI is InChI=1S/C13H11ClN4O3/c1-8-10(6-14)13(17(2)16-8)21-12-4-3-9(7-15)5-11(12)18(19)20/h3-5H,6H2,1-2H3. The van der Waals surface area contributed by atoms with Crippen LogP contribution < -0.4 is 4.74 Å². The van der Waals surface area contributed by atoms with Gasteiger partial charge in [0, 0.05) is 13.1 Å². The van der Waals surface area contributed by atoms with Crippen LogP contribution in [0.1, 0.15) is 16.8 Å². The molecule has 0 aliphatic rings. The first kappa shape index (κ1) is 14.8. The van der Waals surface area contributed by atoms with E-state index in [0.29, 0.717) is 17.1 Å². The van der Waals surface area contributed by atoms with E-state index in [1.807, 2.05) is 6.07 Å². The third-order valence-corrected chi connectivity index (χ3v) is 3.18.